The van der Waals surface area contributed by atoms with Crippen LogP contribution in [-0.4, -0.2) is 65.2 Å². The van der Waals surface area contributed by atoms with E-state index in [4.69, 9.17) is 0 Å². The zero-order valence-electron chi connectivity index (χ0n) is 12.6. The van der Waals surface area contributed by atoms with E-state index in [-0.39, 0.29) is 12.4 Å². The Morgan fingerprint density at radius 2 is 2.05 bits per heavy atom. The highest BCUT2D eigenvalue weighted by Crippen LogP contribution is 2.21. The summed E-state index contributed by atoms with van der Waals surface area (Å²) in [5, 5.41) is 13.3. The molecule has 2 fully saturated rings. The first kappa shape index (κ1) is 16.5. The van der Waals surface area contributed by atoms with E-state index in [2.05, 4.69) is 20.1 Å². The average molecular weight is 313 g/mol. The van der Waals surface area contributed by atoms with Gasteiger partial charge < -0.3 is 10.4 Å². The lowest BCUT2D eigenvalue weighted by Gasteiger charge is -2.32. The standard InChI is InChI=1S/C15H24N4O.ClH/c1-12-2-3-15(20)14(17-12)11-18-7-4-13(10-18)19-8-5-16-6-9-19;/h2-3,13,16,20H,4-11H2,1H3;1H. The van der Waals surface area contributed by atoms with Gasteiger partial charge in [-0.15, -0.1) is 12.4 Å². The predicted octanol–water partition coefficient (Wildman–Crippen LogP) is 0.997. The second-order valence-corrected chi connectivity index (χ2v) is 5.88. The van der Waals surface area contributed by atoms with E-state index >= 15 is 0 Å². The number of likely N-dealkylation sites (tertiary alicyclic amines) is 1. The highest BCUT2D eigenvalue weighted by molar-refractivity contribution is 5.85. The summed E-state index contributed by atoms with van der Waals surface area (Å²) in [6.45, 7) is 9.46. The van der Waals surface area contributed by atoms with Crippen molar-refractivity contribution in [1.29, 1.82) is 0 Å². The third-order valence-electron chi connectivity index (χ3n) is 4.38. The fourth-order valence-electron chi connectivity index (χ4n) is 3.23. The lowest BCUT2D eigenvalue weighted by Crippen LogP contribution is -2.49. The quantitative estimate of drug-likeness (QED) is 0.872. The van der Waals surface area contributed by atoms with Crippen molar-refractivity contribution in [2.45, 2.75) is 25.9 Å². The summed E-state index contributed by atoms with van der Waals surface area (Å²) in [4.78, 5) is 9.47. The van der Waals surface area contributed by atoms with E-state index in [0.29, 0.717) is 11.8 Å². The highest BCUT2D eigenvalue weighted by atomic mass is 35.5. The third kappa shape index (κ3) is 4.07. The Bertz CT molecular complexity index is 465. The van der Waals surface area contributed by atoms with Gasteiger partial charge in [0.1, 0.15) is 5.75 Å². The first-order valence-electron chi connectivity index (χ1n) is 7.55. The molecule has 3 heterocycles. The largest absolute Gasteiger partial charge is 0.506 e. The minimum absolute atomic E-state index is 0. The molecule has 0 spiro atoms. The Labute approximate surface area is 132 Å². The van der Waals surface area contributed by atoms with Crippen LogP contribution in [0.15, 0.2) is 12.1 Å². The molecule has 1 aromatic rings. The fraction of sp³-hybridized carbons (Fsp3) is 0.667. The minimum Gasteiger partial charge on any atom is -0.506 e. The molecule has 2 N–H and O–H groups in total. The van der Waals surface area contributed by atoms with Crippen molar-refractivity contribution in [3.63, 3.8) is 0 Å². The normalized spacial score (nSPS) is 24.0. The minimum atomic E-state index is 0. The Morgan fingerprint density at radius 3 is 2.81 bits per heavy atom. The molecule has 1 unspecified atom stereocenters. The van der Waals surface area contributed by atoms with Gasteiger partial charge in [0, 0.05) is 57.5 Å². The smallest absolute Gasteiger partial charge is 0.138 e. The predicted molar refractivity (Wildman–Crippen MR) is 86.0 cm³/mol. The van der Waals surface area contributed by atoms with Crippen LogP contribution in [0.2, 0.25) is 0 Å². The van der Waals surface area contributed by atoms with Crippen LogP contribution in [0.1, 0.15) is 17.8 Å². The number of hydrogen-bond donors (Lipinski definition) is 2. The highest BCUT2D eigenvalue weighted by Gasteiger charge is 2.28. The summed E-state index contributed by atoms with van der Waals surface area (Å²) in [5.41, 5.74) is 1.78. The molecule has 6 heteroatoms. The summed E-state index contributed by atoms with van der Waals surface area (Å²) in [5.74, 6) is 0.321. The maximum absolute atomic E-state index is 9.90. The van der Waals surface area contributed by atoms with Crippen molar-refractivity contribution in [3.05, 3.63) is 23.5 Å². The number of rotatable bonds is 3. The molecule has 3 rings (SSSR count). The summed E-state index contributed by atoms with van der Waals surface area (Å²) >= 11 is 0. The van der Waals surface area contributed by atoms with Gasteiger partial charge in [-0.05, 0) is 25.5 Å². The summed E-state index contributed by atoms with van der Waals surface area (Å²) < 4.78 is 0. The number of halogens is 1. The number of nitrogens with one attached hydrogen (secondary N) is 1. The molecule has 1 aromatic heterocycles. The third-order valence-corrected chi connectivity index (χ3v) is 4.38. The Balaban J connectivity index is 0.00000161. The van der Waals surface area contributed by atoms with Crippen LogP contribution in [0.3, 0.4) is 0 Å². The zero-order chi connectivity index (χ0) is 13.9. The van der Waals surface area contributed by atoms with Gasteiger partial charge in [-0.1, -0.05) is 0 Å². The molecule has 0 aliphatic carbocycles. The molecular weight excluding hydrogens is 288 g/mol. The van der Waals surface area contributed by atoms with Gasteiger partial charge in [0.15, 0.2) is 0 Å². The SMILES string of the molecule is Cc1ccc(O)c(CN2CCC(N3CCNCC3)C2)n1.Cl. The molecule has 0 aromatic carbocycles. The first-order valence-corrected chi connectivity index (χ1v) is 7.55. The topological polar surface area (TPSA) is 51.6 Å². The van der Waals surface area contributed by atoms with Gasteiger partial charge in [0.25, 0.3) is 0 Å². The van der Waals surface area contributed by atoms with Crippen LogP contribution in [0.25, 0.3) is 0 Å². The van der Waals surface area contributed by atoms with Crippen LogP contribution in [0.5, 0.6) is 5.75 Å². The van der Waals surface area contributed by atoms with Crippen LogP contribution in [0, 0.1) is 6.92 Å². The number of pyridine rings is 1. The molecule has 5 nitrogen and oxygen atoms in total. The number of hydrogen-bond acceptors (Lipinski definition) is 5. The van der Waals surface area contributed by atoms with E-state index in [1.807, 2.05) is 13.0 Å². The van der Waals surface area contributed by atoms with Crippen molar-refractivity contribution < 1.29 is 5.11 Å². The lowest BCUT2D eigenvalue weighted by atomic mass is 10.2. The van der Waals surface area contributed by atoms with E-state index in [0.717, 1.165) is 57.2 Å². The van der Waals surface area contributed by atoms with Crippen molar-refractivity contribution in [3.8, 4) is 5.75 Å². The van der Waals surface area contributed by atoms with E-state index in [1.165, 1.54) is 6.42 Å². The van der Waals surface area contributed by atoms with Crippen molar-refractivity contribution >= 4 is 12.4 Å². The number of aryl methyl sites for hydroxylation is 1. The molecule has 2 saturated heterocycles. The second kappa shape index (κ2) is 7.40. The monoisotopic (exact) mass is 312 g/mol. The Kier molecular flexibility index (Phi) is 5.81. The molecule has 2 aliphatic heterocycles. The molecule has 0 saturated carbocycles. The van der Waals surface area contributed by atoms with Gasteiger partial charge >= 0.3 is 0 Å². The first-order chi connectivity index (χ1) is 9.72. The lowest BCUT2D eigenvalue weighted by molar-refractivity contribution is 0.170. The molecule has 21 heavy (non-hydrogen) atoms. The fourth-order valence-corrected chi connectivity index (χ4v) is 3.23. The second-order valence-electron chi connectivity index (χ2n) is 5.88. The Morgan fingerprint density at radius 1 is 1.29 bits per heavy atom. The number of piperazine rings is 1. The van der Waals surface area contributed by atoms with Crippen molar-refractivity contribution in [1.82, 2.24) is 20.1 Å². The average Bonchev–Trinajstić information content (AvgIpc) is 2.92. The van der Waals surface area contributed by atoms with Crippen LogP contribution in [0.4, 0.5) is 0 Å². The summed E-state index contributed by atoms with van der Waals surface area (Å²) in [6.07, 6.45) is 1.23. The maximum Gasteiger partial charge on any atom is 0.138 e. The van der Waals surface area contributed by atoms with Gasteiger partial charge in [0.2, 0.25) is 0 Å². The number of aromatic hydroxyl groups is 1. The molecule has 118 valence electrons. The van der Waals surface area contributed by atoms with Crippen LogP contribution in [-0.2, 0) is 6.54 Å². The van der Waals surface area contributed by atoms with Crippen molar-refractivity contribution in [2.75, 3.05) is 39.3 Å². The van der Waals surface area contributed by atoms with Gasteiger partial charge in [-0.2, -0.15) is 0 Å². The van der Waals surface area contributed by atoms with E-state index in [9.17, 15) is 5.11 Å². The van der Waals surface area contributed by atoms with E-state index < -0.39 is 0 Å². The molecular formula is C15H25ClN4O. The zero-order valence-corrected chi connectivity index (χ0v) is 13.4. The van der Waals surface area contributed by atoms with Crippen LogP contribution < -0.4 is 5.32 Å². The van der Waals surface area contributed by atoms with Gasteiger partial charge in [-0.3, -0.25) is 14.8 Å². The summed E-state index contributed by atoms with van der Waals surface area (Å²) in [6, 6.07) is 4.28. The maximum atomic E-state index is 9.90. The van der Waals surface area contributed by atoms with Crippen molar-refractivity contribution in [2.24, 2.45) is 0 Å². The van der Waals surface area contributed by atoms with Gasteiger partial charge in [-0.25, -0.2) is 0 Å². The number of nitrogens with zero attached hydrogens (tertiary/aromatic N) is 3. The summed E-state index contributed by atoms with van der Waals surface area (Å²) in [7, 11) is 0. The van der Waals surface area contributed by atoms with Gasteiger partial charge in [0.05, 0.1) is 5.69 Å². The molecule has 0 radical (unpaired) electrons. The molecule has 2 aliphatic rings. The Hall–Kier alpha value is -0.880. The molecule has 1 atom stereocenters. The van der Waals surface area contributed by atoms with E-state index in [1.54, 1.807) is 6.07 Å². The molecule has 0 bridgehead atoms. The molecule has 0 amide bonds. The number of aromatic nitrogens is 1. The van der Waals surface area contributed by atoms with Crippen LogP contribution >= 0.6 is 12.4 Å².